The Morgan fingerprint density at radius 3 is 2.14 bits per heavy atom. The minimum absolute atomic E-state index is 0.0000907. The van der Waals surface area contributed by atoms with E-state index in [0.29, 0.717) is 18.8 Å². The number of carboxylic acid groups (broad SMARTS) is 1. The molecule has 1 N–H and O–H groups in total. The molecule has 8 heteroatoms. The number of alkyl halides is 3. The number of rotatable bonds is 14. The van der Waals surface area contributed by atoms with Crippen LogP contribution in [0.1, 0.15) is 75.8 Å². The van der Waals surface area contributed by atoms with E-state index in [1.165, 1.54) is 12.1 Å². The first kappa shape index (κ1) is 23.2. The molecule has 0 unspecified atom stereocenters. The van der Waals surface area contributed by atoms with Crippen molar-refractivity contribution in [2.45, 2.75) is 83.0 Å². The van der Waals surface area contributed by atoms with Gasteiger partial charge in [0, 0.05) is 12.0 Å². The van der Waals surface area contributed by atoms with Gasteiger partial charge in [-0.05, 0) is 30.9 Å². The van der Waals surface area contributed by atoms with E-state index in [2.05, 4.69) is 10.2 Å². The number of nitrogens with zero attached hydrogens (tertiary/aromatic N) is 2. The molecule has 0 bridgehead atoms. The number of hydrogen-bond acceptors (Lipinski definition) is 4. The molecule has 1 aliphatic heterocycles. The highest BCUT2D eigenvalue weighted by atomic mass is 19.4. The number of carbonyl (C=O) groups is 1. The summed E-state index contributed by atoms with van der Waals surface area (Å²) in [5, 5.41) is 15.1. The minimum Gasteiger partial charge on any atom is -0.493 e. The third-order valence-corrected chi connectivity index (χ3v) is 5.09. The predicted molar refractivity (Wildman–Crippen MR) is 103 cm³/mol. The molecule has 1 aromatic carbocycles. The number of unbranched alkanes of at least 4 members (excludes halogenated alkanes) is 7. The van der Waals surface area contributed by atoms with Crippen LogP contribution >= 0.6 is 0 Å². The number of carboxylic acids is 1. The molecule has 0 saturated carbocycles. The lowest BCUT2D eigenvalue weighted by Crippen LogP contribution is -2.30. The molecule has 29 heavy (non-hydrogen) atoms. The Bertz CT molecular complexity index is 699. The van der Waals surface area contributed by atoms with Gasteiger partial charge in [0.1, 0.15) is 5.75 Å². The molecule has 1 aliphatic rings. The monoisotopic (exact) mass is 414 g/mol. The van der Waals surface area contributed by atoms with Gasteiger partial charge in [-0.1, -0.05) is 57.6 Å². The Hall–Kier alpha value is -2.12. The van der Waals surface area contributed by atoms with Crippen molar-refractivity contribution >= 4 is 5.97 Å². The van der Waals surface area contributed by atoms with Gasteiger partial charge in [-0.15, -0.1) is 10.2 Å². The molecule has 0 radical (unpaired) electrons. The number of aryl methyl sites for hydroxylation is 1. The van der Waals surface area contributed by atoms with Gasteiger partial charge >= 0.3 is 17.8 Å². The Kier molecular flexibility index (Phi) is 8.46. The van der Waals surface area contributed by atoms with Gasteiger partial charge in [-0.3, -0.25) is 4.79 Å². The maximum atomic E-state index is 13.2. The van der Waals surface area contributed by atoms with Crippen LogP contribution in [0.5, 0.6) is 5.75 Å². The minimum atomic E-state index is -4.54. The van der Waals surface area contributed by atoms with Crippen molar-refractivity contribution in [1.29, 1.82) is 0 Å². The van der Waals surface area contributed by atoms with Crippen molar-refractivity contribution in [1.82, 2.24) is 0 Å². The second kappa shape index (κ2) is 10.6. The summed E-state index contributed by atoms with van der Waals surface area (Å²) in [6, 6.07) is 4.50. The summed E-state index contributed by atoms with van der Waals surface area (Å²) in [6.07, 6.45) is 4.20. The maximum Gasteiger partial charge on any atom is 0.442 e. The molecule has 0 atom stereocenters. The van der Waals surface area contributed by atoms with E-state index in [9.17, 15) is 18.0 Å². The van der Waals surface area contributed by atoms with Crippen LogP contribution in [-0.4, -0.2) is 23.9 Å². The molecule has 0 amide bonds. The van der Waals surface area contributed by atoms with Gasteiger partial charge in [-0.2, -0.15) is 13.2 Å². The predicted octanol–water partition coefficient (Wildman–Crippen LogP) is 6.40. The highest BCUT2D eigenvalue weighted by Crippen LogP contribution is 2.53. The van der Waals surface area contributed by atoms with Crippen molar-refractivity contribution < 1.29 is 27.8 Å². The molecule has 5 nitrogen and oxygen atoms in total. The van der Waals surface area contributed by atoms with Crippen LogP contribution in [-0.2, 0) is 16.9 Å². The van der Waals surface area contributed by atoms with Crippen LogP contribution in [0.3, 0.4) is 0 Å². The van der Waals surface area contributed by atoms with Gasteiger partial charge in [-0.25, -0.2) is 0 Å². The first-order valence-electron chi connectivity index (χ1n) is 10.3. The van der Waals surface area contributed by atoms with Crippen LogP contribution in [0.15, 0.2) is 28.4 Å². The summed E-state index contributed by atoms with van der Waals surface area (Å²) in [4.78, 5) is 10.4. The Morgan fingerprint density at radius 1 is 1.03 bits per heavy atom. The fourth-order valence-electron chi connectivity index (χ4n) is 3.26. The second-order valence-corrected chi connectivity index (χ2v) is 7.37. The SMILES string of the molecule is CCc1ccc(C2(C(F)(F)F)N=N2)cc1OCCCCCCCCCCC(=O)O. The third-order valence-electron chi connectivity index (χ3n) is 5.09. The molecule has 162 valence electrons. The Morgan fingerprint density at radius 2 is 1.62 bits per heavy atom. The number of aliphatic carboxylic acids is 1. The van der Waals surface area contributed by atoms with Gasteiger partial charge in [0.2, 0.25) is 0 Å². The Labute approximate surface area is 169 Å². The van der Waals surface area contributed by atoms with Crippen LogP contribution in [0.4, 0.5) is 13.2 Å². The molecule has 0 aromatic heterocycles. The zero-order valence-electron chi connectivity index (χ0n) is 16.8. The number of halogens is 3. The molecule has 1 heterocycles. The molecule has 0 aliphatic carbocycles. The molecule has 0 saturated heterocycles. The summed E-state index contributed by atoms with van der Waals surface area (Å²) in [5.41, 5.74) is -1.55. The standard InChI is InChI=1S/C21H29F3N2O3/c1-2-16-12-13-17(20(25-26-20)21(22,23)24)15-18(16)29-14-10-8-6-4-3-5-7-9-11-19(27)28/h12-13,15H,2-11,14H2,1H3,(H,27,28). The van der Waals surface area contributed by atoms with E-state index in [-0.39, 0.29) is 12.0 Å². The largest absolute Gasteiger partial charge is 0.493 e. The zero-order chi connectivity index (χ0) is 21.3. The van der Waals surface area contributed by atoms with Crippen molar-refractivity contribution in [2.75, 3.05) is 6.61 Å². The van der Waals surface area contributed by atoms with E-state index in [4.69, 9.17) is 9.84 Å². The molecule has 0 fully saturated rings. The lowest BCUT2D eigenvalue weighted by molar-refractivity contribution is -0.166. The molecule has 1 aromatic rings. The van der Waals surface area contributed by atoms with Crippen LogP contribution in [0.25, 0.3) is 0 Å². The van der Waals surface area contributed by atoms with E-state index in [1.807, 2.05) is 6.92 Å². The Balaban J connectivity index is 1.69. The van der Waals surface area contributed by atoms with Crippen LogP contribution < -0.4 is 4.74 Å². The fraction of sp³-hybridized carbons (Fsp3) is 0.667. The highest BCUT2D eigenvalue weighted by molar-refractivity contribution is 5.66. The molecule has 2 rings (SSSR count). The smallest absolute Gasteiger partial charge is 0.442 e. The summed E-state index contributed by atoms with van der Waals surface area (Å²) in [5.74, 6) is -0.263. The third kappa shape index (κ3) is 6.72. The average Bonchev–Trinajstić information content (AvgIpc) is 3.47. The van der Waals surface area contributed by atoms with Gasteiger partial charge in [0.25, 0.3) is 0 Å². The summed E-state index contributed by atoms with van der Waals surface area (Å²) >= 11 is 0. The summed E-state index contributed by atoms with van der Waals surface area (Å²) < 4.78 is 45.4. The normalized spacial score (nSPS) is 14.8. The first-order valence-corrected chi connectivity index (χ1v) is 10.3. The average molecular weight is 414 g/mol. The lowest BCUT2D eigenvalue weighted by atomic mass is 9.99. The van der Waals surface area contributed by atoms with E-state index < -0.39 is 17.8 Å². The van der Waals surface area contributed by atoms with Gasteiger partial charge in [0.05, 0.1) is 6.61 Å². The summed E-state index contributed by atoms with van der Waals surface area (Å²) in [7, 11) is 0. The summed E-state index contributed by atoms with van der Waals surface area (Å²) in [6.45, 7) is 2.39. The van der Waals surface area contributed by atoms with Crippen molar-refractivity contribution in [3.05, 3.63) is 29.3 Å². The maximum absolute atomic E-state index is 13.2. The fourth-order valence-corrected chi connectivity index (χ4v) is 3.26. The van der Waals surface area contributed by atoms with E-state index in [1.54, 1.807) is 6.07 Å². The highest BCUT2D eigenvalue weighted by Gasteiger charge is 2.65. The quantitative estimate of drug-likeness (QED) is 0.358. The molecule has 0 spiro atoms. The van der Waals surface area contributed by atoms with Crippen molar-refractivity contribution in [3.8, 4) is 5.75 Å². The molecular weight excluding hydrogens is 385 g/mol. The number of ether oxygens (including phenoxy) is 1. The molecular formula is C21H29F3N2O3. The van der Waals surface area contributed by atoms with Gasteiger partial charge in [0.15, 0.2) is 0 Å². The zero-order valence-corrected chi connectivity index (χ0v) is 16.8. The van der Waals surface area contributed by atoms with E-state index in [0.717, 1.165) is 56.9 Å². The van der Waals surface area contributed by atoms with E-state index >= 15 is 0 Å². The van der Waals surface area contributed by atoms with Crippen molar-refractivity contribution in [2.24, 2.45) is 10.2 Å². The van der Waals surface area contributed by atoms with Crippen LogP contribution in [0.2, 0.25) is 0 Å². The van der Waals surface area contributed by atoms with Crippen molar-refractivity contribution in [3.63, 3.8) is 0 Å². The lowest BCUT2D eigenvalue weighted by Gasteiger charge is -2.17. The number of benzene rings is 1. The first-order chi connectivity index (χ1) is 13.8. The van der Waals surface area contributed by atoms with Gasteiger partial charge < -0.3 is 9.84 Å². The van der Waals surface area contributed by atoms with Crippen LogP contribution in [0, 0.1) is 0 Å². The topological polar surface area (TPSA) is 71.2 Å². The second-order valence-electron chi connectivity index (χ2n) is 7.37. The number of hydrogen-bond donors (Lipinski definition) is 1.